The molecular weight excluding hydrogens is 324 g/mol. The predicted octanol–water partition coefficient (Wildman–Crippen LogP) is 2.23. The summed E-state index contributed by atoms with van der Waals surface area (Å²) in [5.74, 6) is 0. The van der Waals surface area contributed by atoms with E-state index in [0.717, 1.165) is 17.4 Å². The first-order valence-corrected chi connectivity index (χ1v) is 8.78. The molecule has 0 radical (unpaired) electrons. The van der Waals surface area contributed by atoms with Crippen LogP contribution in [0.3, 0.4) is 0 Å². The number of aromatic amines is 1. The monoisotopic (exact) mass is 347 g/mol. The van der Waals surface area contributed by atoms with E-state index in [9.17, 15) is 4.79 Å². The number of aromatic nitrogens is 3. The van der Waals surface area contributed by atoms with Crippen molar-refractivity contribution in [1.29, 1.82) is 0 Å². The lowest BCUT2D eigenvalue weighted by Crippen LogP contribution is -3.18. The Morgan fingerprint density at radius 2 is 1.96 bits per heavy atom. The second kappa shape index (κ2) is 6.57. The fraction of sp³-hybridized carbons (Fsp3) is 0.444. The maximum atomic E-state index is 12.8. The summed E-state index contributed by atoms with van der Waals surface area (Å²) in [5.41, 5.74) is 2.09. The molecule has 3 rings (SSSR count). The van der Waals surface area contributed by atoms with Crippen LogP contribution in [-0.4, -0.2) is 33.2 Å². The molecule has 2 heterocycles. The number of rotatable bonds is 5. The van der Waals surface area contributed by atoms with Crippen LogP contribution < -0.4 is 10.5 Å². The number of hydrogen-bond donors (Lipinski definition) is 2. The lowest BCUT2D eigenvalue weighted by molar-refractivity contribution is -0.942. The summed E-state index contributed by atoms with van der Waals surface area (Å²) < 4.78 is 1.70. The van der Waals surface area contributed by atoms with E-state index in [2.05, 4.69) is 37.7 Å². The second-order valence-corrected chi connectivity index (χ2v) is 7.35. The van der Waals surface area contributed by atoms with Gasteiger partial charge in [-0.1, -0.05) is 11.6 Å². The predicted molar refractivity (Wildman–Crippen MR) is 99.0 cm³/mol. The third-order valence-corrected chi connectivity index (χ3v) is 4.89. The summed E-state index contributed by atoms with van der Waals surface area (Å²) in [5, 5.41) is 1.53. The van der Waals surface area contributed by atoms with Crippen LogP contribution in [0, 0.1) is 0 Å². The van der Waals surface area contributed by atoms with Crippen molar-refractivity contribution in [2.75, 3.05) is 6.54 Å². The van der Waals surface area contributed by atoms with E-state index in [1.54, 1.807) is 10.9 Å². The number of halogens is 1. The lowest BCUT2D eigenvalue weighted by Gasteiger charge is -2.27. The van der Waals surface area contributed by atoms with E-state index in [1.807, 2.05) is 18.2 Å². The quantitative estimate of drug-likeness (QED) is 0.743. The van der Waals surface area contributed by atoms with E-state index in [1.165, 1.54) is 4.90 Å². The van der Waals surface area contributed by atoms with Gasteiger partial charge in [-0.15, -0.1) is 0 Å². The molecule has 0 spiro atoms. The van der Waals surface area contributed by atoms with E-state index < -0.39 is 0 Å². The second-order valence-electron chi connectivity index (χ2n) is 6.92. The highest BCUT2D eigenvalue weighted by Gasteiger charge is 2.18. The van der Waals surface area contributed by atoms with Gasteiger partial charge in [0.2, 0.25) is 0 Å². The van der Waals surface area contributed by atoms with Crippen molar-refractivity contribution in [1.82, 2.24) is 14.5 Å². The van der Waals surface area contributed by atoms with Crippen LogP contribution in [-0.2, 0) is 6.54 Å². The Balaban J connectivity index is 1.97. The van der Waals surface area contributed by atoms with E-state index >= 15 is 0 Å². The highest BCUT2D eigenvalue weighted by atomic mass is 35.5. The zero-order valence-corrected chi connectivity index (χ0v) is 15.3. The van der Waals surface area contributed by atoms with Crippen molar-refractivity contribution < 1.29 is 4.90 Å². The van der Waals surface area contributed by atoms with Crippen LogP contribution in [0.15, 0.2) is 29.3 Å². The smallest absolute Gasteiger partial charge is 0.277 e. The minimum absolute atomic E-state index is 0.0285. The van der Waals surface area contributed by atoms with Gasteiger partial charge in [0.15, 0.2) is 0 Å². The Morgan fingerprint density at radius 3 is 2.62 bits per heavy atom. The van der Waals surface area contributed by atoms with E-state index in [4.69, 9.17) is 11.6 Å². The summed E-state index contributed by atoms with van der Waals surface area (Å²) in [6, 6.07) is 6.58. The Labute approximate surface area is 146 Å². The summed E-state index contributed by atoms with van der Waals surface area (Å²) in [7, 11) is 0. The van der Waals surface area contributed by atoms with Crippen LogP contribution >= 0.6 is 11.6 Å². The molecule has 0 fully saturated rings. The molecule has 0 amide bonds. The van der Waals surface area contributed by atoms with Crippen molar-refractivity contribution >= 4 is 33.5 Å². The van der Waals surface area contributed by atoms with Crippen molar-refractivity contribution in [3.8, 4) is 0 Å². The molecule has 0 atom stereocenters. The van der Waals surface area contributed by atoms with Crippen molar-refractivity contribution in [2.45, 2.75) is 46.3 Å². The van der Waals surface area contributed by atoms with Gasteiger partial charge >= 0.3 is 0 Å². The van der Waals surface area contributed by atoms with Gasteiger partial charge in [0.25, 0.3) is 5.56 Å². The average molecular weight is 348 g/mol. The number of fused-ring (bicyclic) bond motifs is 3. The topological polar surface area (TPSA) is 55.1 Å². The highest BCUT2D eigenvalue weighted by molar-refractivity contribution is 6.31. The molecule has 0 aliphatic rings. The number of nitrogens with zero attached hydrogens (tertiary/aromatic N) is 2. The summed E-state index contributed by atoms with van der Waals surface area (Å²) in [6.45, 7) is 10.4. The molecule has 0 aliphatic heterocycles. The van der Waals surface area contributed by atoms with Gasteiger partial charge in [0.05, 0.1) is 31.5 Å². The van der Waals surface area contributed by atoms with Crippen LogP contribution in [0.1, 0.15) is 27.7 Å². The number of nitrogens with one attached hydrogen (secondary N) is 2. The minimum Gasteiger partial charge on any atom is -0.349 e. The minimum atomic E-state index is -0.0285. The molecule has 24 heavy (non-hydrogen) atoms. The lowest BCUT2D eigenvalue weighted by atomic mass is 10.2. The normalized spacial score (nSPS) is 12.3. The largest absolute Gasteiger partial charge is 0.349 e. The van der Waals surface area contributed by atoms with Crippen molar-refractivity contribution in [3.63, 3.8) is 0 Å². The molecule has 0 bridgehead atoms. The molecule has 5 nitrogen and oxygen atoms in total. The van der Waals surface area contributed by atoms with Gasteiger partial charge < -0.3 is 9.88 Å². The number of hydrogen-bond acceptors (Lipinski definition) is 2. The average Bonchev–Trinajstić information content (AvgIpc) is 2.87. The molecule has 2 N–H and O–H groups in total. The molecule has 128 valence electrons. The molecular formula is C18H24ClN4O+. The molecule has 0 saturated heterocycles. The van der Waals surface area contributed by atoms with Gasteiger partial charge in [-0.25, -0.2) is 4.98 Å². The van der Waals surface area contributed by atoms with Gasteiger partial charge in [-0.3, -0.25) is 9.36 Å². The van der Waals surface area contributed by atoms with Crippen LogP contribution in [0.25, 0.3) is 21.9 Å². The molecule has 0 saturated carbocycles. The first-order chi connectivity index (χ1) is 11.4. The van der Waals surface area contributed by atoms with Gasteiger partial charge in [0, 0.05) is 15.9 Å². The third kappa shape index (κ3) is 3.06. The first kappa shape index (κ1) is 17.0. The fourth-order valence-corrected chi connectivity index (χ4v) is 3.59. The van der Waals surface area contributed by atoms with Crippen molar-refractivity contribution in [2.24, 2.45) is 0 Å². The summed E-state index contributed by atoms with van der Waals surface area (Å²) in [4.78, 5) is 22.0. The summed E-state index contributed by atoms with van der Waals surface area (Å²) >= 11 is 6.06. The van der Waals surface area contributed by atoms with Crippen molar-refractivity contribution in [3.05, 3.63) is 39.9 Å². The fourth-order valence-electron chi connectivity index (χ4n) is 3.42. The third-order valence-electron chi connectivity index (χ3n) is 4.66. The molecule has 6 heteroatoms. The Kier molecular flexibility index (Phi) is 4.65. The molecule has 3 aromatic rings. The zero-order chi connectivity index (χ0) is 17.4. The number of quaternary nitrogens is 1. The first-order valence-electron chi connectivity index (χ1n) is 8.40. The molecule has 0 unspecified atom stereocenters. The maximum absolute atomic E-state index is 12.8. The Hall–Kier alpha value is -1.85. The molecule has 0 aliphatic carbocycles. The van der Waals surface area contributed by atoms with Gasteiger partial charge in [0.1, 0.15) is 11.0 Å². The van der Waals surface area contributed by atoms with E-state index in [0.29, 0.717) is 34.7 Å². The number of benzene rings is 1. The molecule has 1 aromatic carbocycles. The molecule has 2 aromatic heterocycles. The maximum Gasteiger partial charge on any atom is 0.277 e. The van der Waals surface area contributed by atoms with Gasteiger partial charge in [-0.2, -0.15) is 0 Å². The highest BCUT2D eigenvalue weighted by Crippen LogP contribution is 2.24. The standard InChI is InChI=1S/C18H23ClN4O/c1-11(2)23(12(3)4)8-7-22-10-20-16-14-9-13(19)5-6-15(14)21-17(16)18(22)24/h5-6,9-12,21H,7-8H2,1-4H3/p+1. The van der Waals surface area contributed by atoms with Crippen LogP contribution in [0.5, 0.6) is 0 Å². The summed E-state index contributed by atoms with van der Waals surface area (Å²) in [6.07, 6.45) is 1.65. The zero-order valence-electron chi connectivity index (χ0n) is 14.6. The Morgan fingerprint density at radius 1 is 1.25 bits per heavy atom. The van der Waals surface area contributed by atoms with Crippen LogP contribution in [0.4, 0.5) is 0 Å². The van der Waals surface area contributed by atoms with E-state index in [-0.39, 0.29) is 5.56 Å². The van der Waals surface area contributed by atoms with Gasteiger partial charge in [-0.05, 0) is 45.9 Å². The Bertz CT molecular complexity index is 918. The van der Waals surface area contributed by atoms with Crippen LogP contribution in [0.2, 0.25) is 5.02 Å². The number of H-pyrrole nitrogens is 1. The SMILES string of the molecule is CC(C)[NH+](CCn1cnc2c([nH]c3ccc(Cl)cc32)c1=O)C(C)C.